The summed E-state index contributed by atoms with van der Waals surface area (Å²) in [5, 5.41) is 11.2. The summed E-state index contributed by atoms with van der Waals surface area (Å²) in [4.78, 5) is 17.0. The molecule has 5 rings (SSSR count). The molecule has 4 aromatic rings. The fourth-order valence-corrected chi connectivity index (χ4v) is 3.93. The van der Waals surface area contributed by atoms with E-state index in [1.807, 2.05) is 74.5 Å². The topological polar surface area (TPSA) is 90.3 Å². The van der Waals surface area contributed by atoms with Crippen molar-refractivity contribution in [1.29, 1.82) is 0 Å². The van der Waals surface area contributed by atoms with Crippen molar-refractivity contribution in [1.82, 2.24) is 20.1 Å². The third-order valence-corrected chi connectivity index (χ3v) is 5.74. The van der Waals surface area contributed by atoms with Crippen LogP contribution < -0.4 is 10.6 Å². The lowest BCUT2D eigenvalue weighted by Gasteiger charge is -2.22. The number of aryl methyl sites for hydroxylation is 1. The highest BCUT2D eigenvalue weighted by atomic mass is 16.7. The van der Waals surface area contributed by atoms with Gasteiger partial charge in [-0.15, -0.1) is 0 Å². The molecule has 0 radical (unpaired) electrons. The van der Waals surface area contributed by atoms with Crippen LogP contribution in [0.1, 0.15) is 23.7 Å². The van der Waals surface area contributed by atoms with Gasteiger partial charge in [-0.05, 0) is 37.6 Å². The molecule has 0 aliphatic carbocycles. The van der Waals surface area contributed by atoms with Crippen LogP contribution in [0.15, 0.2) is 66.9 Å². The summed E-state index contributed by atoms with van der Waals surface area (Å²) in [6.45, 7) is 5.42. The van der Waals surface area contributed by atoms with E-state index in [0.717, 1.165) is 33.5 Å². The van der Waals surface area contributed by atoms with Crippen LogP contribution in [0.25, 0.3) is 16.7 Å². The first-order chi connectivity index (χ1) is 16.0. The highest BCUT2D eigenvalue weighted by Gasteiger charge is 2.32. The lowest BCUT2D eigenvalue weighted by molar-refractivity contribution is -0.149. The van der Waals surface area contributed by atoms with Crippen LogP contribution in [0, 0.1) is 6.92 Å². The van der Waals surface area contributed by atoms with E-state index in [-0.39, 0.29) is 6.03 Å². The number of ether oxygens (including phenoxy) is 2. The van der Waals surface area contributed by atoms with Gasteiger partial charge < -0.3 is 20.1 Å². The van der Waals surface area contributed by atoms with Gasteiger partial charge in [-0.1, -0.05) is 42.5 Å². The van der Waals surface area contributed by atoms with E-state index in [1.54, 1.807) is 10.9 Å². The molecule has 1 fully saturated rings. The van der Waals surface area contributed by atoms with Crippen molar-refractivity contribution in [3.05, 3.63) is 83.7 Å². The van der Waals surface area contributed by atoms with Gasteiger partial charge in [-0.25, -0.2) is 14.5 Å². The van der Waals surface area contributed by atoms with E-state index in [0.29, 0.717) is 25.4 Å². The monoisotopic (exact) mass is 443 g/mol. The summed E-state index contributed by atoms with van der Waals surface area (Å²) < 4.78 is 13.2. The van der Waals surface area contributed by atoms with Crippen LogP contribution in [0.2, 0.25) is 0 Å². The Hall–Kier alpha value is -3.75. The minimum atomic E-state index is -0.693. The Morgan fingerprint density at radius 2 is 1.82 bits per heavy atom. The Labute approximate surface area is 191 Å². The smallest absolute Gasteiger partial charge is 0.319 e. The zero-order valence-corrected chi connectivity index (χ0v) is 18.5. The zero-order chi connectivity index (χ0) is 22.8. The van der Waals surface area contributed by atoms with E-state index in [2.05, 4.69) is 20.7 Å². The molecule has 33 heavy (non-hydrogen) atoms. The molecule has 3 heterocycles. The number of nitrogens with one attached hydrogen (secondary N) is 2. The zero-order valence-electron chi connectivity index (χ0n) is 18.5. The predicted molar refractivity (Wildman–Crippen MR) is 125 cm³/mol. The van der Waals surface area contributed by atoms with Crippen molar-refractivity contribution < 1.29 is 14.3 Å². The van der Waals surface area contributed by atoms with Crippen molar-refractivity contribution in [2.24, 2.45) is 0 Å². The number of carbonyl (C=O) groups excluding carboxylic acids is 1. The fraction of sp³-hybridized carbons (Fsp3) is 0.240. The molecule has 1 saturated heterocycles. The summed E-state index contributed by atoms with van der Waals surface area (Å²) in [7, 11) is 0. The second-order valence-electron chi connectivity index (χ2n) is 8.08. The molecule has 2 aromatic heterocycles. The maximum Gasteiger partial charge on any atom is 0.319 e. The maximum absolute atomic E-state index is 12.4. The van der Waals surface area contributed by atoms with Crippen LogP contribution in [-0.4, -0.2) is 34.0 Å². The molecule has 1 aliphatic heterocycles. The first kappa shape index (κ1) is 21.1. The molecule has 8 nitrogen and oxygen atoms in total. The molecule has 0 atom stereocenters. The number of benzene rings is 2. The molecule has 8 heteroatoms. The number of carbonyl (C=O) groups is 1. The number of hydrogen-bond acceptors (Lipinski definition) is 5. The molecule has 168 valence electrons. The number of pyridine rings is 1. The van der Waals surface area contributed by atoms with Crippen LogP contribution in [0.5, 0.6) is 0 Å². The third kappa shape index (κ3) is 4.30. The van der Waals surface area contributed by atoms with Gasteiger partial charge in [0.2, 0.25) is 0 Å². The van der Waals surface area contributed by atoms with Crippen LogP contribution in [-0.2, 0) is 21.8 Å². The quantitative estimate of drug-likeness (QED) is 0.481. The maximum atomic E-state index is 12.4. The molecular weight excluding hydrogens is 418 g/mol. The molecule has 0 saturated carbocycles. The highest BCUT2D eigenvalue weighted by molar-refractivity contribution is 5.92. The Bertz CT molecular complexity index is 1280. The second-order valence-corrected chi connectivity index (χ2v) is 8.08. The Morgan fingerprint density at radius 3 is 2.55 bits per heavy atom. The summed E-state index contributed by atoms with van der Waals surface area (Å²) in [5.41, 5.74) is 5.06. The van der Waals surface area contributed by atoms with Gasteiger partial charge in [0.1, 0.15) is 0 Å². The number of nitrogens with zero attached hydrogens (tertiary/aromatic N) is 3. The number of amides is 2. The predicted octanol–water partition coefficient (Wildman–Crippen LogP) is 4.27. The Balaban J connectivity index is 1.24. The van der Waals surface area contributed by atoms with Gasteiger partial charge >= 0.3 is 6.03 Å². The molecule has 2 N–H and O–H groups in total. The average molecular weight is 444 g/mol. The number of hydrogen-bond donors (Lipinski definition) is 2. The summed E-state index contributed by atoms with van der Waals surface area (Å²) in [5.74, 6) is -0.693. The molecule has 0 spiro atoms. The Morgan fingerprint density at radius 1 is 1.09 bits per heavy atom. The largest absolute Gasteiger partial charge is 0.344 e. The van der Waals surface area contributed by atoms with E-state index in [1.165, 1.54) is 0 Å². The van der Waals surface area contributed by atoms with E-state index in [9.17, 15) is 4.79 Å². The summed E-state index contributed by atoms with van der Waals surface area (Å²) >= 11 is 0. The number of fused-ring (bicyclic) bond motifs is 1. The Kier molecular flexibility index (Phi) is 5.53. The second kappa shape index (κ2) is 8.65. The standard InChI is InChI=1S/C25H25N5O3/c1-17-22-14-20(16-26-23(22)30(29-17)21-6-4-3-5-7-21)28-24(31)27-15-18-8-10-19(11-9-18)25(2)32-12-13-33-25/h3-11,14,16H,12-13,15H2,1-2H3,(H2,27,28,31). The molecule has 0 bridgehead atoms. The molecule has 1 aliphatic rings. The SMILES string of the molecule is Cc1nn(-c2ccccc2)c2ncc(NC(=O)NCc3ccc(C4(C)OCCO4)cc3)cc12. The number of urea groups is 1. The number of aromatic nitrogens is 3. The van der Waals surface area contributed by atoms with Gasteiger partial charge in [0.25, 0.3) is 0 Å². The van der Waals surface area contributed by atoms with E-state index >= 15 is 0 Å². The van der Waals surface area contributed by atoms with Gasteiger partial charge in [-0.2, -0.15) is 5.10 Å². The van der Waals surface area contributed by atoms with Crippen molar-refractivity contribution in [3.8, 4) is 5.69 Å². The average Bonchev–Trinajstić information content (AvgIpc) is 3.43. The molecule has 0 unspecified atom stereocenters. The van der Waals surface area contributed by atoms with Crippen molar-refractivity contribution in [2.75, 3.05) is 18.5 Å². The lowest BCUT2D eigenvalue weighted by Crippen LogP contribution is -2.28. The number of anilines is 1. The van der Waals surface area contributed by atoms with Crippen molar-refractivity contribution in [3.63, 3.8) is 0 Å². The molecular formula is C25H25N5O3. The first-order valence-corrected chi connectivity index (χ1v) is 10.8. The third-order valence-electron chi connectivity index (χ3n) is 5.74. The summed E-state index contributed by atoms with van der Waals surface area (Å²) in [6, 6.07) is 19.3. The summed E-state index contributed by atoms with van der Waals surface area (Å²) in [6.07, 6.45) is 1.64. The van der Waals surface area contributed by atoms with Crippen LogP contribution in [0.4, 0.5) is 10.5 Å². The van der Waals surface area contributed by atoms with Gasteiger partial charge in [-0.3, -0.25) is 0 Å². The van der Waals surface area contributed by atoms with E-state index < -0.39 is 5.79 Å². The van der Waals surface area contributed by atoms with Crippen LogP contribution in [0.3, 0.4) is 0 Å². The van der Waals surface area contributed by atoms with Gasteiger partial charge in [0, 0.05) is 17.5 Å². The minimum Gasteiger partial charge on any atom is -0.344 e. The molecule has 2 amide bonds. The van der Waals surface area contributed by atoms with E-state index in [4.69, 9.17) is 9.47 Å². The van der Waals surface area contributed by atoms with Gasteiger partial charge in [0.15, 0.2) is 11.4 Å². The van der Waals surface area contributed by atoms with Gasteiger partial charge in [0.05, 0.1) is 36.5 Å². The highest BCUT2D eigenvalue weighted by Crippen LogP contribution is 2.30. The van der Waals surface area contributed by atoms with Crippen molar-refractivity contribution >= 4 is 22.8 Å². The minimum absolute atomic E-state index is 0.303. The lowest BCUT2D eigenvalue weighted by atomic mass is 10.1. The van der Waals surface area contributed by atoms with Crippen LogP contribution >= 0.6 is 0 Å². The van der Waals surface area contributed by atoms with Crippen molar-refractivity contribution in [2.45, 2.75) is 26.2 Å². The molecule has 2 aromatic carbocycles. The number of rotatable bonds is 5. The first-order valence-electron chi connectivity index (χ1n) is 10.8. The number of para-hydroxylation sites is 1. The normalized spacial score (nSPS) is 15.0. The fourth-order valence-electron chi connectivity index (χ4n) is 3.93.